The van der Waals surface area contributed by atoms with Gasteiger partial charge >= 0.3 is 0 Å². The Labute approximate surface area is 208 Å². The van der Waals surface area contributed by atoms with Gasteiger partial charge in [0.15, 0.2) is 0 Å². The number of aryl methyl sites for hydroxylation is 1. The van der Waals surface area contributed by atoms with Crippen molar-refractivity contribution in [1.29, 1.82) is 0 Å². The molecule has 0 saturated heterocycles. The highest BCUT2D eigenvalue weighted by molar-refractivity contribution is 7.92. The number of halogens is 1. The third kappa shape index (κ3) is 7.74. The van der Waals surface area contributed by atoms with Crippen molar-refractivity contribution in [2.24, 2.45) is 0 Å². The van der Waals surface area contributed by atoms with E-state index in [4.69, 9.17) is 11.6 Å². The third-order valence-corrected chi connectivity index (χ3v) is 7.01. The largest absolute Gasteiger partial charge is 0.352 e. The van der Waals surface area contributed by atoms with Crippen LogP contribution in [0, 0.1) is 6.92 Å². The van der Waals surface area contributed by atoms with Gasteiger partial charge in [0.1, 0.15) is 12.6 Å². The molecule has 2 atom stereocenters. The topological polar surface area (TPSA) is 86.8 Å². The molecule has 9 heteroatoms. The van der Waals surface area contributed by atoms with E-state index in [1.165, 1.54) is 4.90 Å². The summed E-state index contributed by atoms with van der Waals surface area (Å²) in [5, 5.41) is 3.41. The lowest BCUT2D eigenvalue weighted by Crippen LogP contribution is -2.53. The van der Waals surface area contributed by atoms with Crippen LogP contribution in [-0.4, -0.2) is 50.0 Å². The van der Waals surface area contributed by atoms with Gasteiger partial charge in [-0.3, -0.25) is 13.9 Å². The minimum Gasteiger partial charge on any atom is -0.352 e. The summed E-state index contributed by atoms with van der Waals surface area (Å²) in [5.41, 5.74) is 2.22. The molecular weight excluding hydrogens is 474 g/mol. The molecule has 0 aliphatic carbocycles. The van der Waals surface area contributed by atoms with Crippen molar-refractivity contribution in [3.05, 3.63) is 64.7 Å². The van der Waals surface area contributed by atoms with Gasteiger partial charge in [0.05, 0.1) is 11.9 Å². The van der Waals surface area contributed by atoms with E-state index in [-0.39, 0.29) is 18.5 Å². The molecule has 1 N–H and O–H groups in total. The number of nitrogens with one attached hydrogen (secondary N) is 1. The molecule has 0 unspecified atom stereocenters. The molecule has 0 radical (unpaired) electrons. The Morgan fingerprint density at radius 2 is 1.71 bits per heavy atom. The number of nitrogens with zero attached hydrogens (tertiary/aromatic N) is 2. The number of carbonyl (C=O) groups is 2. The molecule has 2 aromatic rings. The first-order valence-electron chi connectivity index (χ1n) is 11.3. The van der Waals surface area contributed by atoms with E-state index < -0.39 is 28.5 Å². The maximum Gasteiger partial charge on any atom is 0.244 e. The molecule has 0 saturated carbocycles. The van der Waals surface area contributed by atoms with Crippen LogP contribution < -0.4 is 9.62 Å². The van der Waals surface area contributed by atoms with Crippen molar-refractivity contribution < 1.29 is 18.0 Å². The van der Waals surface area contributed by atoms with Gasteiger partial charge in [-0.25, -0.2) is 8.42 Å². The SMILES string of the molecule is CC[C@H](C)NC(=O)[C@H](CC)N(Cc1cccc(C)c1)C(=O)CN(c1ccc(Cl)cc1)S(C)(=O)=O. The number of benzene rings is 2. The fourth-order valence-electron chi connectivity index (χ4n) is 3.59. The number of hydrogen-bond acceptors (Lipinski definition) is 4. The quantitative estimate of drug-likeness (QED) is 0.495. The fourth-order valence-corrected chi connectivity index (χ4v) is 4.56. The lowest BCUT2D eigenvalue weighted by Gasteiger charge is -2.33. The first-order valence-corrected chi connectivity index (χ1v) is 13.6. The second-order valence-corrected chi connectivity index (χ2v) is 10.8. The van der Waals surface area contributed by atoms with Gasteiger partial charge in [-0.05, 0) is 56.5 Å². The highest BCUT2D eigenvalue weighted by atomic mass is 35.5. The van der Waals surface area contributed by atoms with E-state index >= 15 is 0 Å². The average molecular weight is 508 g/mol. The standard InChI is InChI=1S/C25H34ClN3O4S/c1-6-19(4)27-25(31)23(7-2)28(16-20-10-8-9-18(3)15-20)24(30)17-29(34(5,32)33)22-13-11-21(26)12-14-22/h8-15,19,23H,6-7,16-17H2,1-5H3,(H,27,31)/t19-,23-/m0/s1. The number of hydrogen-bond donors (Lipinski definition) is 1. The molecule has 0 aliphatic rings. The van der Waals surface area contributed by atoms with Crippen LogP contribution in [0.2, 0.25) is 5.02 Å². The molecule has 2 aromatic carbocycles. The van der Waals surface area contributed by atoms with Crippen molar-refractivity contribution in [2.45, 2.75) is 59.2 Å². The molecule has 2 amide bonds. The number of amides is 2. The summed E-state index contributed by atoms with van der Waals surface area (Å²) in [7, 11) is -3.77. The van der Waals surface area contributed by atoms with Crippen LogP contribution in [0.15, 0.2) is 48.5 Å². The summed E-state index contributed by atoms with van der Waals surface area (Å²) in [6.07, 6.45) is 2.19. The molecule has 186 valence electrons. The Balaban J connectivity index is 2.43. The van der Waals surface area contributed by atoms with Crippen LogP contribution in [0.4, 0.5) is 5.69 Å². The molecule has 0 heterocycles. The number of rotatable bonds is 11. The molecule has 0 aromatic heterocycles. The summed E-state index contributed by atoms with van der Waals surface area (Å²) >= 11 is 5.95. The van der Waals surface area contributed by atoms with Gasteiger partial charge in [0.2, 0.25) is 21.8 Å². The predicted molar refractivity (Wildman–Crippen MR) is 137 cm³/mol. The molecule has 0 aliphatic heterocycles. The van der Waals surface area contributed by atoms with Crippen LogP contribution in [0.3, 0.4) is 0 Å². The number of sulfonamides is 1. The Hall–Kier alpha value is -2.58. The lowest BCUT2D eigenvalue weighted by molar-refractivity contribution is -0.140. The molecule has 2 rings (SSSR count). The monoisotopic (exact) mass is 507 g/mol. The van der Waals surface area contributed by atoms with Crippen LogP contribution in [-0.2, 0) is 26.2 Å². The minimum absolute atomic E-state index is 0.0425. The Morgan fingerprint density at radius 1 is 1.06 bits per heavy atom. The minimum atomic E-state index is -3.77. The van der Waals surface area contributed by atoms with Crippen molar-refractivity contribution in [3.8, 4) is 0 Å². The van der Waals surface area contributed by atoms with Gasteiger partial charge in [0.25, 0.3) is 0 Å². The number of anilines is 1. The summed E-state index contributed by atoms with van der Waals surface area (Å²) in [4.78, 5) is 28.2. The second kappa shape index (κ2) is 12.2. The predicted octanol–water partition coefficient (Wildman–Crippen LogP) is 4.14. The zero-order valence-corrected chi connectivity index (χ0v) is 22.0. The first-order chi connectivity index (χ1) is 16.0. The summed E-state index contributed by atoms with van der Waals surface area (Å²) in [6.45, 7) is 7.42. The van der Waals surface area contributed by atoms with Gasteiger partial charge in [0, 0.05) is 17.6 Å². The maximum absolute atomic E-state index is 13.6. The van der Waals surface area contributed by atoms with Gasteiger partial charge < -0.3 is 10.2 Å². The Bertz CT molecular complexity index is 1090. The van der Waals surface area contributed by atoms with E-state index in [2.05, 4.69) is 5.32 Å². The molecule has 7 nitrogen and oxygen atoms in total. The molecular formula is C25H34ClN3O4S. The van der Waals surface area contributed by atoms with Crippen molar-refractivity contribution in [1.82, 2.24) is 10.2 Å². The lowest BCUT2D eigenvalue weighted by atomic mass is 10.1. The highest BCUT2D eigenvalue weighted by Gasteiger charge is 2.32. The van der Waals surface area contributed by atoms with Crippen LogP contribution in [0.5, 0.6) is 0 Å². The van der Waals surface area contributed by atoms with Gasteiger partial charge in [-0.1, -0.05) is 55.3 Å². The zero-order chi connectivity index (χ0) is 25.5. The molecule has 34 heavy (non-hydrogen) atoms. The number of carbonyl (C=O) groups excluding carboxylic acids is 2. The van der Waals surface area contributed by atoms with Crippen molar-refractivity contribution in [3.63, 3.8) is 0 Å². The maximum atomic E-state index is 13.6. The van der Waals surface area contributed by atoms with E-state index in [9.17, 15) is 18.0 Å². The second-order valence-electron chi connectivity index (χ2n) is 8.50. The average Bonchev–Trinajstić information content (AvgIpc) is 2.77. The van der Waals surface area contributed by atoms with Crippen molar-refractivity contribution in [2.75, 3.05) is 17.1 Å². The van der Waals surface area contributed by atoms with E-state index in [1.807, 2.05) is 52.0 Å². The molecule has 0 bridgehead atoms. The summed E-state index contributed by atoms with van der Waals surface area (Å²) in [6, 6.07) is 13.1. The Morgan fingerprint density at radius 3 is 2.24 bits per heavy atom. The smallest absolute Gasteiger partial charge is 0.244 e. The van der Waals surface area contributed by atoms with Crippen LogP contribution in [0.25, 0.3) is 0 Å². The van der Waals surface area contributed by atoms with E-state index in [1.54, 1.807) is 24.3 Å². The molecule has 0 spiro atoms. The summed E-state index contributed by atoms with van der Waals surface area (Å²) < 4.78 is 26.2. The fraction of sp³-hybridized carbons (Fsp3) is 0.440. The highest BCUT2D eigenvalue weighted by Crippen LogP contribution is 2.22. The zero-order valence-electron chi connectivity index (χ0n) is 20.4. The first kappa shape index (κ1) is 27.7. The van der Waals surface area contributed by atoms with Crippen LogP contribution >= 0.6 is 11.6 Å². The van der Waals surface area contributed by atoms with Crippen LogP contribution in [0.1, 0.15) is 44.7 Å². The normalized spacial score (nSPS) is 13.1. The van der Waals surface area contributed by atoms with E-state index in [0.717, 1.165) is 28.1 Å². The Kier molecular flexibility index (Phi) is 9.94. The van der Waals surface area contributed by atoms with Crippen molar-refractivity contribution >= 4 is 39.1 Å². The molecule has 0 fully saturated rings. The summed E-state index contributed by atoms with van der Waals surface area (Å²) in [5.74, 6) is -0.719. The third-order valence-electron chi connectivity index (χ3n) is 5.62. The van der Waals surface area contributed by atoms with Gasteiger partial charge in [-0.15, -0.1) is 0 Å². The van der Waals surface area contributed by atoms with E-state index in [0.29, 0.717) is 17.1 Å². The van der Waals surface area contributed by atoms with Gasteiger partial charge in [-0.2, -0.15) is 0 Å².